The van der Waals surface area contributed by atoms with E-state index in [2.05, 4.69) is 0 Å². The summed E-state index contributed by atoms with van der Waals surface area (Å²) in [5.41, 5.74) is 1.49. The molecule has 5 heteroatoms. The van der Waals surface area contributed by atoms with Crippen molar-refractivity contribution in [3.8, 4) is 5.75 Å². The lowest BCUT2D eigenvalue weighted by Crippen LogP contribution is -2.30. The van der Waals surface area contributed by atoms with E-state index >= 15 is 0 Å². The van der Waals surface area contributed by atoms with Crippen LogP contribution in [-0.4, -0.2) is 23.1 Å². The second-order valence-corrected chi connectivity index (χ2v) is 6.51. The van der Waals surface area contributed by atoms with Crippen LogP contribution in [0.5, 0.6) is 5.75 Å². The van der Waals surface area contributed by atoms with Crippen molar-refractivity contribution in [2.45, 2.75) is 19.4 Å². The molecule has 2 aromatic carbocycles. The fourth-order valence-electron chi connectivity index (χ4n) is 3.50. The Morgan fingerprint density at radius 3 is 2.35 bits per heavy atom. The molecule has 1 aliphatic carbocycles. The number of carboxylic acids is 1. The molecule has 1 saturated carbocycles. The van der Waals surface area contributed by atoms with E-state index in [4.69, 9.17) is 4.74 Å². The van der Waals surface area contributed by atoms with Gasteiger partial charge in [-0.2, -0.15) is 0 Å². The summed E-state index contributed by atoms with van der Waals surface area (Å²) >= 11 is 0. The van der Waals surface area contributed by atoms with Crippen LogP contribution in [0, 0.1) is 17.8 Å². The molecule has 0 aliphatic heterocycles. The summed E-state index contributed by atoms with van der Waals surface area (Å²) in [7, 11) is 0. The molecule has 0 aromatic heterocycles. The summed E-state index contributed by atoms with van der Waals surface area (Å²) in [5.74, 6) is -2.85. The van der Waals surface area contributed by atoms with Gasteiger partial charge in [0.2, 0.25) is 0 Å². The first kappa shape index (κ1) is 17.9. The predicted molar refractivity (Wildman–Crippen MR) is 95.0 cm³/mol. The van der Waals surface area contributed by atoms with Gasteiger partial charge >= 0.3 is 5.97 Å². The number of carbonyl (C=O) groups excluding carboxylic acids is 2. The summed E-state index contributed by atoms with van der Waals surface area (Å²) in [5, 5.41) is 9.37. The Hall–Kier alpha value is -2.95. The van der Waals surface area contributed by atoms with Crippen molar-refractivity contribution in [1.29, 1.82) is 0 Å². The van der Waals surface area contributed by atoms with Crippen LogP contribution < -0.4 is 4.74 Å². The molecule has 0 radical (unpaired) electrons. The van der Waals surface area contributed by atoms with E-state index in [-0.39, 0.29) is 5.78 Å². The fourth-order valence-corrected chi connectivity index (χ4v) is 3.50. The van der Waals surface area contributed by atoms with Gasteiger partial charge in [-0.3, -0.25) is 9.59 Å². The monoisotopic (exact) mass is 352 g/mol. The van der Waals surface area contributed by atoms with Gasteiger partial charge in [-0.15, -0.1) is 0 Å². The molecule has 3 rings (SSSR count). The van der Waals surface area contributed by atoms with Crippen LogP contribution in [0.25, 0.3) is 0 Å². The van der Waals surface area contributed by atoms with E-state index < -0.39 is 23.7 Å². The molecule has 26 heavy (non-hydrogen) atoms. The highest BCUT2D eigenvalue weighted by atomic mass is 16.5. The molecular formula is C21H20O5. The van der Waals surface area contributed by atoms with Gasteiger partial charge in [0.05, 0.1) is 5.92 Å². The summed E-state index contributed by atoms with van der Waals surface area (Å²) in [6.07, 6.45) is 1.52. The van der Waals surface area contributed by atoms with Crippen LogP contribution in [0.1, 0.15) is 28.8 Å². The average molecular weight is 352 g/mol. The van der Waals surface area contributed by atoms with E-state index in [1.54, 1.807) is 24.3 Å². The molecule has 1 aliphatic rings. The first-order valence-electron chi connectivity index (χ1n) is 8.59. The smallest absolute Gasteiger partial charge is 0.307 e. The van der Waals surface area contributed by atoms with Crippen molar-refractivity contribution in [3.05, 3.63) is 65.7 Å². The lowest BCUT2D eigenvalue weighted by Gasteiger charge is -2.17. The number of ether oxygens (including phenoxy) is 1. The van der Waals surface area contributed by atoms with Crippen molar-refractivity contribution in [3.63, 3.8) is 0 Å². The van der Waals surface area contributed by atoms with Crippen LogP contribution in [0.2, 0.25) is 0 Å². The summed E-state index contributed by atoms with van der Waals surface area (Å²) in [6.45, 7) is 0.429. The zero-order chi connectivity index (χ0) is 18.5. The first-order valence-corrected chi connectivity index (χ1v) is 8.59. The van der Waals surface area contributed by atoms with Crippen LogP contribution in [0.15, 0.2) is 54.6 Å². The number of hydrogen-bond acceptors (Lipinski definition) is 4. The minimum Gasteiger partial charge on any atom is -0.489 e. The van der Waals surface area contributed by atoms with E-state index in [0.29, 0.717) is 37.0 Å². The van der Waals surface area contributed by atoms with E-state index in [1.165, 1.54) is 0 Å². The summed E-state index contributed by atoms with van der Waals surface area (Å²) < 4.78 is 5.69. The first-order chi connectivity index (χ1) is 12.6. The van der Waals surface area contributed by atoms with Crippen LogP contribution in [-0.2, 0) is 16.2 Å². The van der Waals surface area contributed by atoms with Crippen LogP contribution in [0.3, 0.4) is 0 Å². The van der Waals surface area contributed by atoms with Gasteiger partial charge in [0.1, 0.15) is 18.6 Å². The van der Waals surface area contributed by atoms with Crippen LogP contribution >= 0.6 is 0 Å². The Balaban J connectivity index is 1.67. The summed E-state index contributed by atoms with van der Waals surface area (Å²) in [4.78, 5) is 35.2. The molecule has 0 heterocycles. The van der Waals surface area contributed by atoms with Gasteiger partial charge in [0.15, 0.2) is 5.78 Å². The van der Waals surface area contributed by atoms with Crippen molar-refractivity contribution in [1.82, 2.24) is 0 Å². The van der Waals surface area contributed by atoms with Gasteiger partial charge in [0.25, 0.3) is 0 Å². The number of carboxylic acid groups (broad SMARTS) is 1. The van der Waals surface area contributed by atoms with Crippen LogP contribution in [0.4, 0.5) is 0 Å². The number of hydrogen-bond donors (Lipinski definition) is 1. The van der Waals surface area contributed by atoms with Crippen molar-refractivity contribution < 1.29 is 24.2 Å². The number of carbonyl (C=O) groups is 3. The molecule has 3 unspecified atom stereocenters. The molecule has 2 aromatic rings. The topological polar surface area (TPSA) is 80.7 Å². The van der Waals surface area contributed by atoms with Gasteiger partial charge < -0.3 is 14.6 Å². The van der Waals surface area contributed by atoms with Gasteiger partial charge in [-0.25, -0.2) is 0 Å². The minimum absolute atomic E-state index is 0.226. The fraction of sp³-hybridized carbons (Fsp3) is 0.286. The number of aldehydes is 1. The molecule has 0 bridgehead atoms. The van der Waals surface area contributed by atoms with Gasteiger partial charge in [-0.05, 0) is 42.7 Å². The predicted octanol–water partition coefficient (Wildman–Crippen LogP) is 3.37. The average Bonchev–Trinajstić information content (AvgIpc) is 3.11. The second-order valence-electron chi connectivity index (χ2n) is 6.51. The maximum Gasteiger partial charge on any atom is 0.307 e. The number of ketones is 1. The lowest BCUT2D eigenvalue weighted by atomic mass is 9.85. The molecule has 5 nitrogen and oxygen atoms in total. The Labute approximate surface area is 151 Å². The maximum atomic E-state index is 12.7. The van der Waals surface area contributed by atoms with Crippen molar-refractivity contribution in [2.75, 3.05) is 0 Å². The molecule has 1 N–H and O–H groups in total. The molecule has 0 amide bonds. The Morgan fingerprint density at radius 1 is 1.04 bits per heavy atom. The normalized spacial score (nSPS) is 21.9. The third-order valence-electron chi connectivity index (χ3n) is 4.89. The number of rotatable bonds is 7. The maximum absolute atomic E-state index is 12.7. The molecule has 0 spiro atoms. The molecule has 3 atom stereocenters. The second kappa shape index (κ2) is 7.95. The molecular weight excluding hydrogens is 332 g/mol. The lowest BCUT2D eigenvalue weighted by molar-refractivity contribution is -0.145. The Kier molecular flexibility index (Phi) is 5.46. The van der Waals surface area contributed by atoms with E-state index in [9.17, 15) is 19.5 Å². The highest BCUT2D eigenvalue weighted by Crippen LogP contribution is 2.38. The van der Waals surface area contributed by atoms with Crippen molar-refractivity contribution in [2.24, 2.45) is 17.8 Å². The third kappa shape index (κ3) is 3.82. The standard InChI is InChI=1S/C21H20O5/c22-12-16-8-11-18(19(16)21(24)25)20(23)15-6-9-17(10-7-15)26-13-14-4-2-1-3-5-14/h1-7,9-10,12,16,18-19H,8,11,13H2,(H,24,25). The SMILES string of the molecule is O=CC1CCC(C(=O)c2ccc(OCc3ccccc3)cc2)C1C(=O)O. The Bertz CT molecular complexity index is 782. The molecule has 1 fully saturated rings. The number of Topliss-reactive ketones (excluding diaryl/α,β-unsaturated/α-hetero) is 1. The number of aliphatic carboxylic acids is 1. The minimum atomic E-state index is -1.08. The van der Waals surface area contributed by atoms with Gasteiger partial charge in [-0.1, -0.05) is 30.3 Å². The summed E-state index contributed by atoms with van der Waals surface area (Å²) in [6, 6.07) is 16.5. The quantitative estimate of drug-likeness (QED) is 0.610. The highest BCUT2D eigenvalue weighted by Gasteiger charge is 2.44. The molecule has 0 saturated heterocycles. The van der Waals surface area contributed by atoms with Gasteiger partial charge in [0, 0.05) is 17.4 Å². The zero-order valence-corrected chi connectivity index (χ0v) is 14.2. The third-order valence-corrected chi connectivity index (χ3v) is 4.89. The van der Waals surface area contributed by atoms with E-state index in [0.717, 1.165) is 5.56 Å². The molecule has 134 valence electrons. The zero-order valence-electron chi connectivity index (χ0n) is 14.2. The largest absolute Gasteiger partial charge is 0.489 e. The number of benzene rings is 2. The van der Waals surface area contributed by atoms with Crippen molar-refractivity contribution >= 4 is 18.0 Å². The van der Waals surface area contributed by atoms with E-state index in [1.807, 2.05) is 30.3 Å². The Morgan fingerprint density at radius 2 is 1.73 bits per heavy atom. The highest BCUT2D eigenvalue weighted by molar-refractivity contribution is 6.00.